The zero-order chi connectivity index (χ0) is 16.1. The Morgan fingerprint density at radius 2 is 2.09 bits per heavy atom. The van der Waals surface area contributed by atoms with Crippen LogP contribution in [-0.4, -0.2) is 35.4 Å². The van der Waals surface area contributed by atoms with E-state index in [4.69, 9.17) is 9.47 Å². The summed E-state index contributed by atoms with van der Waals surface area (Å²) >= 11 is 0. The third-order valence-corrected chi connectivity index (χ3v) is 2.92. The number of nitrogens with one attached hydrogen (secondary N) is 1. The van der Waals surface area contributed by atoms with Gasteiger partial charge >= 0.3 is 5.97 Å². The molecule has 0 spiro atoms. The maximum atomic E-state index is 12.3. The molecule has 0 atom stereocenters. The molecule has 1 aromatic heterocycles. The minimum Gasteiger partial charge on any atom is -0.497 e. The van der Waals surface area contributed by atoms with Crippen LogP contribution in [0.1, 0.15) is 27.9 Å². The average Bonchev–Trinajstić information content (AvgIpc) is 2.90. The fourth-order valence-corrected chi connectivity index (χ4v) is 1.88. The smallest absolute Gasteiger partial charge is 0.358 e. The number of benzene rings is 1. The molecule has 0 aliphatic carbocycles. The summed E-state index contributed by atoms with van der Waals surface area (Å²) in [4.78, 5) is 23.9. The molecule has 0 aliphatic rings. The summed E-state index contributed by atoms with van der Waals surface area (Å²) in [7, 11) is 3.14. The van der Waals surface area contributed by atoms with Gasteiger partial charge in [-0.25, -0.2) is 4.79 Å². The highest BCUT2D eigenvalue weighted by molar-refractivity contribution is 6.04. The summed E-state index contributed by atoms with van der Waals surface area (Å²) < 4.78 is 11.3. The Morgan fingerprint density at radius 3 is 2.77 bits per heavy atom. The van der Waals surface area contributed by atoms with Crippen LogP contribution in [0.3, 0.4) is 0 Å². The highest BCUT2D eigenvalue weighted by Crippen LogP contribution is 2.17. The molecule has 116 valence electrons. The number of anilines is 1. The zero-order valence-electron chi connectivity index (χ0n) is 12.6. The molecule has 0 aliphatic heterocycles. The summed E-state index contributed by atoms with van der Waals surface area (Å²) in [6, 6.07) is 8.37. The normalized spacial score (nSPS) is 10.1. The Morgan fingerprint density at radius 1 is 1.32 bits per heavy atom. The van der Waals surface area contributed by atoms with E-state index in [2.05, 4.69) is 10.4 Å². The van der Waals surface area contributed by atoms with Gasteiger partial charge in [0.1, 0.15) is 11.4 Å². The van der Waals surface area contributed by atoms with Crippen molar-refractivity contribution >= 4 is 17.6 Å². The van der Waals surface area contributed by atoms with Gasteiger partial charge in [-0.15, -0.1) is 0 Å². The third-order valence-electron chi connectivity index (χ3n) is 2.92. The van der Waals surface area contributed by atoms with Crippen molar-refractivity contribution in [1.82, 2.24) is 9.78 Å². The van der Waals surface area contributed by atoms with Crippen LogP contribution in [0.25, 0.3) is 0 Å². The largest absolute Gasteiger partial charge is 0.497 e. The lowest BCUT2D eigenvalue weighted by Crippen LogP contribution is -2.16. The maximum absolute atomic E-state index is 12.3. The fourth-order valence-electron chi connectivity index (χ4n) is 1.88. The molecule has 0 saturated heterocycles. The first-order valence-electron chi connectivity index (χ1n) is 6.71. The molecule has 1 amide bonds. The number of methoxy groups -OCH3 is 1. The molecule has 0 bridgehead atoms. The van der Waals surface area contributed by atoms with Gasteiger partial charge in [0.2, 0.25) is 0 Å². The molecule has 22 heavy (non-hydrogen) atoms. The Hall–Kier alpha value is -2.83. The Kier molecular flexibility index (Phi) is 4.77. The number of rotatable bonds is 5. The van der Waals surface area contributed by atoms with E-state index in [1.54, 1.807) is 45.3 Å². The lowest BCUT2D eigenvalue weighted by Gasteiger charge is -2.06. The van der Waals surface area contributed by atoms with E-state index in [1.807, 2.05) is 0 Å². The van der Waals surface area contributed by atoms with Crippen LogP contribution in [0.4, 0.5) is 5.69 Å². The molecule has 1 heterocycles. The van der Waals surface area contributed by atoms with Gasteiger partial charge in [0, 0.05) is 24.9 Å². The molecule has 2 aromatic rings. The van der Waals surface area contributed by atoms with Crippen LogP contribution in [0.15, 0.2) is 30.3 Å². The van der Waals surface area contributed by atoms with E-state index in [1.165, 1.54) is 10.7 Å². The van der Waals surface area contributed by atoms with Crippen molar-refractivity contribution in [2.45, 2.75) is 6.92 Å². The number of aromatic nitrogens is 2. The number of carbonyl (C=O) groups is 2. The van der Waals surface area contributed by atoms with Crippen molar-refractivity contribution in [2.24, 2.45) is 7.05 Å². The van der Waals surface area contributed by atoms with Crippen LogP contribution in [-0.2, 0) is 11.8 Å². The maximum Gasteiger partial charge on any atom is 0.358 e. The third kappa shape index (κ3) is 3.43. The van der Waals surface area contributed by atoms with Gasteiger partial charge in [-0.05, 0) is 19.1 Å². The number of carbonyl (C=O) groups excluding carboxylic acids is 2. The van der Waals surface area contributed by atoms with E-state index >= 15 is 0 Å². The molecular weight excluding hydrogens is 286 g/mol. The average molecular weight is 303 g/mol. The Labute approximate surface area is 127 Å². The predicted molar refractivity (Wildman–Crippen MR) is 80.1 cm³/mol. The molecule has 7 nitrogen and oxygen atoms in total. The molecule has 0 radical (unpaired) electrons. The predicted octanol–water partition coefficient (Wildman–Crippen LogP) is 1.86. The molecule has 1 N–H and O–H groups in total. The van der Waals surface area contributed by atoms with E-state index < -0.39 is 5.97 Å². The summed E-state index contributed by atoms with van der Waals surface area (Å²) in [5.41, 5.74) is 0.939. The van der Waals surface area contributed by atoms with Gasteiger partial charge < -0.3 is 14.8 Å². The highest BCUT2D eigenvalue weighted by Gasteiger charge is 2.18. The van der Waals surface area contributed by atoms with Gasteiger partial charge in [0.05, 0.1) is 13.7 Å². The number of ether oxygens (including phenoxy) is 2. The van der Waals surface area contributed by atoms with Crippen LogP contribution in [0, 0.1) is 0 Å². The van der Waals surface area contributed by atoms with Gasteiger partial charge in [-0.2, -0.15) is 5.10 Å². The van der Waals surface area contributed by atoms with Gasteiger partial charge in [-0.3, -0.25) is 9.48 Å². The van der Waals surface area contributed by atoms with Crippen molar-refractivity contribution in [2.75, 3.05) is 19.0 Å². The number of hydrogen-bond acceptors (Lipinski definition) is 5. The number of amides is 1. The fraction of sp³-hybridized carbons (Fsp3) is 0.267. The van der Waals surface area contributed by atoms with Gasteiger partial charge in [-0.1, -0.05) is 6.07 Å². The van der Waals surface area contributed by atoms with E-state index in [0.717, 1.165) is 0 Å². The topological polar surface area (TPSA) is 82.5 Å². The lowest BCUT2D eigenvalue weighted by atomic mass is 10.2. The lowest BCUT2D eigenvalue weighted by molar-refractivity contribution is 0.0518. The molecule has 0 fully saturated rings. The number of hydrogen-bond donors (Lipinski definition) is 1. The van der Waals surface area contributed by atoms with Crippen LogP contribution in [0.2, 0.25) is 0 Å². The molecule has 0 unspecified atom stereocenters. The molecule has 0 saturated carbocycles. The van der Waals surface area contributed by atoms with E-state index in [0.29, 0.717) is 11.4 Å². The first-order chi connectivity index (χ1) is 10.5. The summed E-state index contributed by atoms with van der Waals surface area (Å²) in [5, 5.41) is 6.71. The van der Waals surface area contributed by atoms with Crippen molar-refractivity contribution in [1.29, 1.82) is 0 Å². The second-order valence-corrected chi connectivity index (χ2v) is 4.44. The monoisotopic (exact) mass is 303 g/mol. The Bertz CT molecular complexity index is 694. The minimum absolute atomic E-state index is 0.0974. The zero-order valence-corrected chi connectivity index (χ0v) is 12.6. The molecule has 2 rings (SSSR count). The van der Waals surface area contributed by atoms with E-state index in [-0.39, 0.29) is 23.9 Å². The molecule has 1 aromatic carbocycles. The second kappa shape index (κ2) is 6.75. The van der Waals surface area contributed by atoms with Crippen LogP contribution < -0.4 is 10.1 Å². The summed E-state index contributed by atoms with van der Waals surface area (Å²) in [5.74, 6) is -0.299. The molecule has 7 heteroatoms. The summed E-state index contributed by atoms with van der Waals surface area (Å²) in [6.07, 6.45) is 0. The standard InChI is InChI=1S/C15H17N3O4/c1-4-22-15(20)12-9-13(18(2)17-12)14(19)16-10-6-5-7-11(8-10)21-3/h5-9H,4H2,1-3H3,(H,16,19). The van der Waals surface area contributed by atoms with Crippen molar-refractivity contribution in [3.63, 3.8) is 0 Å². The van der Waals surface area contributed by atoms with Gasteiger partial charge in [0.25, 0.3) is 5.91 Å². The highest BCUT2D eigenvalue weighted by atomic mass is 16.5. The SMILES string of the molecule is CCOC(=O)c1cc(C(=O)Nc2cccc(OC)c2)n(C)n1. The first kappa shape index (κ1) is 15.6. The van der Waals surface area contributed by atoms with Crippen LogP contribution in [0.5, 0.6) is 5.75 Å². The number of esters is 1. The number of aryl methyl sites for hydroxylation is 1. The minimum atomic E-state index is -0.557. The van der Waals surface area contributed by atoms with Gasteiger partial charge in [0.15, 0.2) is 5.69 Å². The summed E-state index contributed by atoms with van der Waals surface area (Å²) in [6.45, 7) is 1.96. The van der Waals surface area contributed by atoms with Crippen molar-refractivity contribution in [3.05, 3.63) is 41.7 Å². The first-order valence-corrected chi connectivity index (χ1v) is 6.71. The number of nitrogens with zero attached hydrogens (tertiary/aromatic N) is 2. The Balaban J connectivity index is 2.17. The quantitative estimate of drug-likeness (QED) is 0.852. The molecular formula is C15H17N3O4. The van der Waals surface area contributed by atoms with Crippen molar-refractivity contribution in [3.8, 4) is 5.75 Å². The van der Waals surface area contributed by atoms with E-state index in [9.17, 15) is 9.59 Å². The van der Waals surface area contributed by atoms with Crippen LogP contribution >= 0.6 is 0 Å². The second-order valence-electron chi connectivity index (χ2n) is 4.44. The van der Waals surface area contributed by atoms with Crippen molar-refractivity contribution < 1.29 is 19.1 Å².